The van der Waals surface area contributed by atoms with Gasteiger partial charge in [0.15, 0.2) is 0 Å². The van der Waals surface area contributed by atoms with Gasteiger partial charge in [0.2, 0.25) is 5.88 Å². The van der Waals surface area contributed by atoms with E-state index in [1.807, 2.05) is 19.9 Å². The summed E-state index contributed by atoms with van der Waals surface area (Å²) in [5.41, 5.74) is 1.09. The summed E-state index contributed by atoms with van der Waals surface area (Å²) in [6.07, 6.45) is -0.132. The Morgan fingerprint density at radius 3 is 2.35 bits per heavy atom. The van der Waals surface area contributed by atoms with Crippen LogP contribution in [0.25, 0.3) is 22.0 Å². The second-order valence-electron chi connectivity index (χ2n) is 7.81. The van der Waals surface area contributed by atoms with Crippen molar-refractivity contribution in [3.8, 4) is 34.3 Å². The number of aromatic nitrogens is 1. The summed E-state index contributed by atoms with van der Waals surface area (Å²) in [7, 11) is -1.46. The normalized spacial score (nSPS) is 11.7. The van der Waals surface area contributed by atoms with E-state index in [9.17, 15) is 13.5 Å². The maximum absolute atomic E-state index is 13.9. The number of nitrogens with zero attached hydrogens (tertiary/aromatic N) is 1. The smallest absolute Gasteiger partial charge is 0.274 e. The first kappa shape index (κ1) is 23.8. The summed E-state index contributed by atoms with van der Waals surface area (Å²) < 4.78 is 45.1. The van der Waals surface area contributed by atoms with E-state index in [0.717, 1.165) is 3.97 Å². The zero-order chi connectivity index (χ0) is 24.6. The second-order valence-corrected chi connectivity index (χ2v) is 10.0. The number of benzene rings is 3. The summed E-state index contributed by atoms with van der Waals surface area (Å²) in [4.78, 5) is -0.129. The van der Waals surface area contributed by atoms with Gasteiger partial charge in [-0.15, -0.1) is 0 Å². The summed E-state index contributed by atoms with van der Waals surface area (Å²) in [6, 6.07) is 16.2. The van der Waals surface area contributed by atoms with Crippen molar-refractivity contribution in [2.75, 3.05) is 14.2 Å². The Morgan fingerprint density at radius 1 is 0.941 bits per heavy atom. The van der Waals surface area contributed by atoms with Crippen LogP contribution in [0.2, 0.25) is 5.02 Å². The predicted octanol–water partition coefficient (Wildman–Crippen LogP) is 5.71. The summed E-state index contributed by atoms with van der Waals surface area (Å²) >= 11 is 6.27. The van der Waals surface area contributed by atoms with Gasteiger partial charge in [-0.1, -0.05) is 29.8 Å². The van der Waals surface area contributed by atoms with E-state index in [2.05, 4.69) is 0 Å². The molecule has 0 spiro atoms. The van der Waals surface area contributed by atoms with Gasteiger partial charge in [0.25, 0.3) is 10.0 Å². The molecule has 1 N–H and O–H groups in total. The molecular weight excluding hydrogens is 478 g/mol. The molecule has 0 atom stereocenters. The molecule has 7 nitrogen and oxygen atoms in total. The Morgan fingerprint density at radius 2 is 1.68 bits per heavy atom. The van der Waals surface area contributed by atoms with Crippen LogP contribution in [0.5, 0.6) is 23.1 Å². The van der Waals surface area contributed by atoms with Crippen molar-refractivity contribution in [2.45, 2.75) is 24.8 Å². The third kappa shape index (κ3) is 4.03. The Balaban J connectivity index is 2.06. The molecule has 0 aliphatic carbocycles. The topological polar surface area (TPSA) is 87.0 Å². The summed E-state index contributed by atoms with van der Waals surface area (Å²) in [5, 5.41) is 12.3. The maximum atomic E-state index is 13.9. The Kier molecular flexibility index (Phi) is 6.38. The maximum Gasteiger partial charge on any atom is 0.274 e. The largest absolute Gasteiger partial charge is 0.497 e. The van der Waals surface area contributed by atoms with Crippen LogP contribution >= 0.6 is 11.6 Å². The SMILES string of the molecule is COc1ccc(S(=O)(=O)n2c(O)c(-c3ccccc3OC(C)C)c3cc(Cl)ccc32)c(OC)c1. The molecule has 34 heavy (non-hydrogen) atoms. The lowest BCUT2D eigenvalue weighted by atomic mass is 10.0. The number of rotatable bonds is 7. The van der Waals surface area contributed by atoms with Crippen molar-refractivity contribution in [3.05, 3.63) is 65.7 Å². The van der Waals surface area contributed by atoms with Gasteiger partial charge in [-0.25, -0.2) is 12.4 Å². The number of methoxy groups -OCH3 is 2. The molecule has 0 saturated heterocycles. The zero-order valence-electron chi connectivity index (χ0n) is 19.1. The molecule has 0 saturated carbocycles. The van der Waals surface area contributed by atoms with Crippen molar-refractivity contribution in [1.29, 1.82) is 0 Å². The van der Waals surface area contributed by atoms with E-state index in [-0.39, 0.29) is 22.3 Å². The van der Waals surface area contributed by atoms with Gasteiger partial charge >= 0.3 is 0 Å². The number of halogens is 1. The average Bonchev–Trinajstić information content (AvgIpc) is 3.10. The van der Waals surface area contributed by atoms with Crippen LogP contribution < -0.4 is 14.2 Å². The third-order valence-electron chi connectivity index (χ3n) is 5.27. The van der Waals surface area contributed by atoms with Crippen molar-refractivity contribution in [3.63, 3.8) is 0 Å². The highest BCUT2D eigenvalue weighted by Crippen LogP contribution is 2.46. The molecule has 0 amide bonds. The second kappa shape index (κ2) is 9.12. The van der Waals surface area contributed by atoms with Crippen molar-refractivity contribution >= 4 is 32.5 Å². The van der Waals surface area contributed by atoms with Crippen LogP contribution in [-0.2, 0) is 10.0 Å². The number of fused-ring (bicyclic) bond motifs is 1. The molecule has 1 aromatic heterocycles. The van der Waals surface area contributed by atoms with Crippen molar-refractivity contribution in [1.82, 2.24) is 3.97 Å². The minimum atomic E-state index is -4.30. The molecule has 0 radical (unpaired) electrons. The highest BCUT2D eigenvalue weighted by molar-refractivity contribution is 7.90. The van der Waals surface area contributed by atoms with Gasteiger partial charge in [-0.2, -0.15) is 0 Å². The molecule has 0 unspecified atom stereocenters. The third-order valence-corrected chi connectivity index (χ3v) is 7.25. The Hall–Kier alpha value is -3.36. The molecule has 9 heteroatoms. The Bertz CT molecular complexity index is 1480. The molecule has 4 rings (SSSR count). The minimum Gasteiger partial charge on any atom is -0.497 e. The van der Waals surface area contributed by atoms with E-state index in [1.165, 1.54) is 32.4 Å². The monoisotopic (exact) mass is 501 g/mol. The van der Waals surface area contributed by atoms with Gasteiger partial charge in [-0.05, 0) is 50.2 Å². The molecule has 0 aliphatic rings. The standard InChI is InChI=1S/C25H24ClNO6S/c1-15(2)33-21-8-6-5-7-18(21)24-19-13-16(26)9-11-20(19)27(25(24)28)34(29,30)23-12-10-17(31-3)14-22(23)32-4/h5-15,28H,1-4H3. The molecule has 0 aliphatic heterocycles. The lowest BCUT2D eigenvalue weighted by Gasteiger charge is -2.15. The molecule has 0 bridgehead atoms. The molecule has 4 aromatic rings. The fourth-order valence-electron chi connectivity index (χ4n) is 3.85. The van der Waals surface area contributed by atoms with E-state index in [4.69, 9.17) is 25.8 Å². The van der Waals surface area contributed by atoms with Crippen LogP contribution in [0.1, 0.15) is 13.8 Å². The van der Waals surface area contributed by atoms with Crippen LogP contribution in [0.15, 0.2) is 65.6 Å². The fraction of sp³-hybridized carbons (Fsp3) is 0.200. The first-order chi connectivity index (χ1) is 16.2. The highest BCUT2D eigenvalue weighted by atomic mass is 35.5. The molecular formula is C25H24ClNO6S. The lowest BCUT2D eigenvalue weighted by molar-refractivity contribution is 0.243. The predicted molar refractivity (Wildman–Crippen MR) is 132 cm³/mol. The van der Waals surface area contributed by atoms with Crippen LogP contribution in [-0.4, -0.2) is 37.8 Å². The van der Waals surface area contributed by atoms with Gasteiger partial charge in [-0.3, -0.25) is 0 Å². The number of para-hydroxylation sites is 1. The van der Waals surface area contributed by atoms with Gasteiger partial charge < -0.3 is 19.3 Å². The van der Waals surface area contributed by atoms with Crippen molar-refractivity contribution in [2.24, 2.45) is 0 Å². The van der Waals surface area contributed by atoms with Crippen LogP contribution in [0.3, 0.4) is 0 Å². The average molecular weight is 502 g/mol. The summed E-state index contributed by atoms with van der Waals surface area (Å²) in [6.45, 7) is 3.77. The molecule has 1 heterocycles. The fourth-order valence-corrected chi connectivity index (χ4v) is 5.59. The first-order valence-corrected chi connectivity index (χ1v) is 12.3. The molecule has 3 aromatic carbocycles. The first-order valence-electron chi connectivity index (χ1n) is 10.5. The van der Waals surface area contributed by atoms with E-state index < -0.39 is 15.9 Å². The van der Waals surface area contributed by atoms with Crippen LogP contribution in [0.4, 0.5) is 0 Å². The molecule has 178 valence electrons. The highest BCUT2D eigenvalue weighted by Gasteiger charge is 2.31. The van der Waals surface area contributed by atoms with E-state index >= 15 is 0 Å². The number of hydrogen-bond acceptors (Lipinski definition) is 6. The summed E-state index contributed by atoms with van der Waals surface area (Å²) in [5.74, 6) is 0.561. The number of aromatic hydroxyl groups is 1. The van der Waals surface area contributed by atoms with Gasteiger partial charge in [0, 0.05) is 22.0 Å². The van der Waals surface area contributed by atoms with Gasteiger partial charge in [0.05, 0.1) is 31.4 Å². The minimum absolute atomic E-state index is 0.0830. The number of hydrogen-bond donors (Lipinski definition) is 1. The zero-order valence-corrected chi connectivity index (χ0v) is 20.6. The molecule has 0 fully saturated rings. The van der Waals surface area contributed by atoms with Crippen molar-refractivity contribution < 1.29 is 27.7 Å². The Labute approximate surface area is 203 Å². The lowest BCUT2D eigenvalue weighted by Crippen LogP contribution is -2.13. The van der Waals surface area contributed by atoms with E-state index in [1.54, 1.807) is 36.4 Å². The van der Waals surface area contributed by atoms with Gasteiger partial charge in [0.1, 0.15) is 22.1 Å². The van der Waals surface area contributed by atoms with Crippen LogP contribution in [0, 0.1) is 0 Å². The quantitative estimate of drug-likeness (QED) is 0.349. The van der Waals surface area contributed by atoms with E-state index in [0.29, 0.717) is 33.0 Å². The number of ether oxygens (including phenoxy) is 3.